The average Bonchev–Trinajstić information content (AvgIpc) is 2.88. The zero-order valence-electron chi connectivity index (χ0n) is 10.6. The molecule has 0 spiro atoms. The highest BCUT2D eigenvalue weighted by Gasteiger charge is 2.05. The number of aromatic nitrogens is 1. The summed E-state index contributed by atoms with van der Waals surface area (Å²) >= 11 is 1.72. The summed E-state index contributed by atoms with van der Waals surface area (Å²) < 4.78 is 6.53. The zero-order chi connectivity index (χ0) is 13.1. The van der Waals surface area contributed by atoms with Crippen molar-refractivity contribution in [2.24, 2.45) is 0 Å². The van der Waals surface area contributed by atoms with Crippen molar-refractivity contribution in [2.45, 2.75) is 6.54 Å². The number of ether oxygens (including phenoxy) is 1. The number of thiazole rings is 1. The first-order valence-electron chi connectivity index (χ1n) is 6.08. The second-order valence-electron chi connectivity index (χ2n) is 4.13. The Balaban J connectivity index is 1.78. The van der Waals surface area contributed by atoms with Gasteiger partial charge in [-0.3, -0.25) is 0 Å². The van der Waals surface area contributed by atoms with Crippen molar-refractivity contribution in [1.82, 2.24) is 4.98 Å². The lowest BCUT2D eigenvalue weighted by Gasteiger charge is -2.09. The number of fused-ring (bicyclic) bond motifs is 1. The number of rotatable bonds is 4. The summed E-state index contributed by atoms with van der Waals surface area (Å²) in [5.41, 5.74) is 2.05. The van der Waals surface area contributed by atoms with Crippen LogP contribution in [0.2, 0.25) is 0 Å². The molecule has 3 rings (SSSR count). The predicted molar refractivity (Wildman–Crippen MR) is 79.9 cm³/mol. The van der Waals surface area contributed by atoms with Crippen molar-refractivity contribution in [3.05, 3.63) is 53.5 Å². The van der Waals surface area contributed by atoms with Crippen LogP contribution >= 0.6 is 11.3 Å². The summed E-state index contributed by atoms with van der Waals surface area (Å²) in [6.45, 7) is 0.708. The van der Waals surface area contributed by atoms with Gasteiger partial charge in [0.1, 0.15) is 10.8 Å². The van der Waals surface area contributed by atoms with Gasteiger partial charge in [0.2, 0.25) is 0 Å². The standard InChI is InChI=1S/C15H14N2OS/c1-18-13-8-4-2-6-11(13)16-10-15-17-12-7-3-5-9-14(12)19-15/h2-9,16H,10H2,1H3. The number of nitrogens with zero attached hydrogens (tertiary/aromatic N) is 1. The molecule has 0 amide bonds. The van der Waals surface area contributed by atoms with Crippen molar-refractivity contribution in [3.8, 4) is 5.75 Å². The number of nitrogens with one attached hydrogen (secondary N) is 1. The molecule has 0 bridgehead atoms. The van der Waals surface area contributed by atoms with E-state index in [-0.39, 0.29) is 0 Å². The molecule has 1 heterocycles. The van der Waals surface area contributed by atoms with E-state index in [1.165, 1.54) is 4.70 Å². The van der Waals surface area contributed by atoms with Gasteiger partial charge in [-0.15, -0.1) is 11.3 Å². The van der Waals surface area contributed by atoms with Gasteiger partial charge in [0.25, 0.3) is 0 Å². The maximum atomic E-state index is 5.31. The van der Waals surface area contributed by atoms with Gasteiger partial charge in [-0.05, 0) is 24.3 Å². The van der Waals surface area contributed by atoms with Gasteiger partial charge in [0.15, 0.2) is 0 Å². The van der Waals surface area contributed by atoms with Gasteiger partial charge in [-0.2, -0.15) is 0 Å². The maximum Gasteiger partial charge on any atom is 0.141 e. The third-order valence-electron chi connectivity index (χ3n) is 2.88. The lowest BCUT2D eigenvalue weighted by atomic mass is 10.3. The van der Waals surface area contributed by atoms with Crippen molar-refractivity contribution < 1.29 is 4.74 Å². The van der Waals surface area contributed by atoms with E-state index in [9.17, 15) is 0 Å². The Bertz CT molecular complexity index is 660. The van der Waals surface area contributed by atoms with Crippen LogP contribution in [-0.4, -0.2) is 12.1 Å². The summed E-state index contributed by atoms with van der Waals surface area (Å²) in [4.78, 5) is 4.60. The third kappa shape index (κ3) is 2.53. The van der Waals surface area contributed by atoms with Gasteiger partial charge in [0, 0.05) is 0 Å². The van der Waals surface area contributed by atoms with E-state index < -0.39 is 0 Å². The van der Waals surface area contributed by atoms with Crippen LogP contribution in [0.5, 0.6) is 5.75 Å². The molecule has 0 unspecified atom stereocenters. The fourth-order valence-electron chi connectivity index (χ4n) is 1.96. The largest absolute Gasteiger partial charge is 0.495 e. The molecule has 0 saturated heterocycles. The fourth-order valence-corrected chi connectivity index (χ4v) is 2.86. The SMILES string of the molecule is COc1ccccc1NCc1nc2ccccc2s1. The monoisotopic (exact) mass is 270 g/mol. The van der Waals surface area contributed by atoms with Gasteiger partial charge in [-0.1, -0.05) is 24.3 Å². The topological polar surface area (TPSA) is 34.1 Å². The van der Waals surface area contributed by atoms with Gasteiger partial charge in [0.05, 0.1) is 29.6 Å². The molecule has 2 aromatic carbocycles. The first-order chi connectivity index (χ1) is 9.36. The molecule has 0 aliphatic heterocycles. The summed E-state index contributed by atoms with van der Waals surface area (Å²) in [6.07, 6.45) is 0. The van der Waals surface area contributed by atoms with Gasteiger partial charge in [-0.25, -0.2) is 4.98 Å². The number of anilines is 1. The summed E-state index contributed by atoms with van der Waals surface area (Å²) in [7, 11) is 1.68. The first kappa shape index (κ1) is 12.0. The Morgan fingerprint density at radius 1 is 1.11 bits per heavy atom. The predicted octanol–water partition coefficient (Wildman–Crippen LogP) is 3.92. The summed E-state index contributed by atoms with van der Waals surface area (Å²) in [6, 6.07) is 16.1. The Morgan fingerprint density at radius 3 is 2.74 bits per heavy atom. The first-order valence-corrected chi connectivity index (χ1v) is 6.90. The van der Waals surface area contributed by atoms with Crippen LogP contribution in [0.1, 0.15) is 5.01 Å². The molecule has 3 nitrogen and oxygen atoms in total. The van der Waals surface area contributed by atoms with Crippen molar-refractivity contribution in [2.75, 3.05) is 12.4 Å². The molecule has 1 aromatic heterocycles. The minimum Gasteiger partial charge on any atom is -0.495 e. The fraction of sp³-hybridized carbons (Fsp3) is 0.133. The highest BCUT2D eigenvalue weighted by Crippen LogP contribution is 2.26. The van der Waals surface area contributed by atoms with Crippen LogP contribution in [0.4, 0.5) is 5.69 Å². The molecule has 0 aliphatic rings. The highest BCUT2D eigenvalue weighted by molar-refractivity contribution is 7.18. The second-order valence-corrected chi connectivity index (χ2v) is 5.24. The van der Waals surface area contributed by atoms with Gasteiger partial charge < -0.3 is 10.1 Å². The molecule has 0 fully saturated rings. The molecular formula is C15H14N2OS. The Kier molecular flexibility index (Phi) is 3.33. The molecule has 96 valence electrons. The van der Waals surface area contributed by atoms with Gasteiger partial charge >= 0.3 is 0 Å². The zero-order valence-corrected chi connectivity index (χ0v) is 11.4. The van der Waals surface area contributed by atoms with Crippen LogP contribution in [0.15, 0.2) is 48.5 Å². The normalized spacial score (nSPS) is 10.6. The number of methoxy groups -OCH3 is 1. The van der Waals surface area contributed by atoms with Crippen LogP contribution in [0.3, 0.4) is 0 Å². The van der Waals surface area contributed by atoms with E-state index in [0.29, 0.717) is 6.54 Å². The van der Waals surface area contributed by atoms with Crippen molar-refractivity contribution in [3.63, 3.8) is 0 Å². The van der Waals surface area contributed by atoms with Crippen LogP contribution in [-0.2, 0) is 6.54 Å². The molecule has 19 heavy (non-hydrogen) atoms. The van der Waals surface area contributed by atoms with E-state index in [4.69, 9.17) is 4.74 Å². The van der Waals surface area contributed by atoms with Crippen LogP contribution in [0.25, 0.3) is 10.2 Å². The third-order valence-corrected chi connectivity index (χ3v) is 3.91. The van der Waals surface area contributed by atoms with Crippen LogP contribution in [0, 0.1) is 0 Å². The number of para-hydroxylation sites is 3. The van der Waals surface area contributed by atoms with Crippen molar-refractivity contribution >= 4 is 27.2 Å². The second kappa shape index (κ2) is 5.28. The van der Waals surface area contributed by atoms with E-state index in [1.54, 1.807) is 18.4 Å². The quantitative estimate of drug-likeness (QED) is 0.780. The molecular weight excluding hydrogens is 256 g/mol. The van der Waals surface area contributed by atoms with Crippen molar-refractivity contribution in [1.29, 1.82) is 0 Å². The molecule has 4 heteroatoms. The van der Waals surface area contributed by atoms with E-state index in [2.05, 4.69) is 16.4 Å². The molecule has 3 aromatic rings. The Morgan fingerprint density at radius 2 is 1.89 bits per heavy atom. The summed E-state index contributed by atoms with van der Waals surface area (Å²) in [5, 5.41) is 4.44. The smallest absolute Gasteiger partial charge is 0.141 e. The van der Waals surface area contributed by atoms with Crippen LogP contribution < -0.4 is 10.1 Å². The molecule has 0 aliphatic carbocycles. The molecule has 0 radical (unpaired) electrons. The summed E-state index contributed by atoms with van der Waals surface area (Å²) in [5.74, 6) is 0.851. The Hall–Kier alpha value is -2.07. The maximum absolute atomic E-state index is 5.31. The number of hydrogen-bond donors (Lipinski definition) is 1. The van der Waals surface area contributed by atoms with E-state index in [0.717, 1.165) is 22.0 Å². The average molecular weight is 270 g/mol. The Labute approximate surface area is 115 Å². The highest BCUT2D eigenvalue weighted by atomic mass is 32.1. The molecule has 0 saturated carbocycles. The lowest BCUT2D eigenvalue weighted by Crippen LogP contribution is -2.00. The minimum atomic E-state index is 0.708. The molecule has 1 N–H and O–H groups in total. The number of benzene rings is 2. The number of hydrogen-bond acceptors (Lipinski definition) is 4. The minimum absolute atomic E-state index is 0.708. The lowest BCUT2D eigenvalue weighted by molar-refractivity contribution is 0.416. The van der Waals surface area contributed by atoms with E-state index in [1.807, 2.05) is 42.5 Å². The van der Waals surface area contributed by atoms with E-state index >= 15 is 0 Å². The molecule has 0 atom stereocenters.